The molecule has 1 N–H and O–H groups in total. The lowest BCUT2D eigenvalue weighted by Gasteiger charge is -2.30. The van der Waals surface area contributed by atoms with Crippen LogP contribution in [0.2, 0.25) is 0 Å². The third kappa shape index (κ3) is 3.90. The van der Waals surface area contributed by atoms with E-state index in [2.05, 4.69) is 5.32 Å². The second kappa shape index (κ2) is 7.16. The van der Waals surface area contributed by atoms with Crippen LogP contribution in [0.4, 0.5) is 13.2 Å². The molecule has 116 valence electrons. The number of rotatable bonds is 4. The molecule has 2 nitrogen and oxygen atoms in total. The summed E-state index contributed by atoms with van der Waals surface area (Å²) in [4.78, 5) is 11.9. The number of benzene rings is 1. The van der Waals surface area contributed by atoms with Crippen molar-refractivity contribution in [2.75, 3.05) is 12.4 Å². The Labute approximate surface area is 126 Å². The van der Waals surface area contributed by atoms with E-state index in [0.29, 0.717) is 30.5 Å². The van der Waals surface area contributed by atoms with Crippen LogP contribution in [-0.2, 0) is 0 Å². The number of carbonyl (C=O) groups is 1. The van der Waals surface area contributed by atoms with E-state index >= 15 is 0 Å². The minimum atomic E-state index is -1.57. The molecule has 1 saturated carbocycles. The van der Waals surface area contributed by atoms with E-state index < -0.39 is 23.4 Å². The van der Waals surface area contributed by atoms with E-state index in [1.54, 1.807) is 0 Å². The van der Waals surface area contributed by atoms with E-state index in [-0.39, 0.29) is 11.5 Å². The molecule has 1 fully saturated rings. The number of alkyl halides is 1. The number of hydrogen-bond acceptors (Lipinski definition) is 1. The van der Waals surface area contributed by atoms with Crippen LogP contribution in [0.15, 0.2) is 12.1 Å². The summed E-state index contributed by atoms with van der Waals surface area (Å²) < 4.78 is 39.1. The average molecular weight is 320 g/mol. The van der Waals surface area contributed by atoms with Crippen molar-refractivity contribution in [2.24, 2.45) is 11.8 Å². The minimum absolute atomic E-state index is 0.218. The molecule has 0 heterocycles. The van der Waals surface area contributed by atoms with Crippen molar-refractivity contribution >= 4 is 17.5 Å². The third-order valence-electron chi connectivity index (χ3n) is 4.04. The fraction of sp³-hybridized carbons (Fsp3) is 0.533. The molecule has 1 aliphatic rings. The summed E-state index contributed by atoms with van der Waals surface area (Å²) in [5, 5.41) is 2.65. The van der Waals surface area contributed by atoms with E-state index in [0.717, 1.165) is 25.7 Å². The molecular weight excluding hydrogens is 303 g/mol. The summed E-state index contributed by atoms with van der Waals surface area (Å²) in [7, 11) is 0. The van der Waals surface area contributed by atoms with Crippen LogP contribution >= 0.6 is 11.6 Å². The Hall–Kier alpha value is -1.23. The van der Waals surface area contributed by atoms with Crippen LogP contribution in [0, 0.1) is 29.3 Å². The van der Waals surface area contributed by atoms with Crippen molar-refractivity contribution in [3.05, 3.63) is 35.1 Å². The maximum atomic E-state index is 13.1. The maximum Gasteiger partial charge on any atom is 0.251 e. The number of hydrogen-bond donors (Lipinski definition) is 1. The molecule has 1 aromatic carbocycles. The molecule has 0 saturated heterocycles. The highest BCUT2D eigenvalue weighted by Gasteiger charge is 2.25. The van der Waals surface area contributed by atoms with Crippen molar-refractivity contribution in [1.82, 2.24) is 5.32 Å². The largest absolute Gasteiger partial charge is 0.352 e. The summed E-state index contributed by atoms with van der Waals surface area (Å²) in [5.74, 6) is -3.74. The van der Waals surface area contributed by atoms with Crippen molar-refractivity contribution in [3.8, 4) is 0 Å². The summed E-state index contributed by atoms with van der Waals surface area (Å²) in [6, 6.07) is 1.40. The first-order valence-electron chi connectivity index (χ1n) is 7.01. The first-order valence-corrected chi connectivity index (χ1v) is 7.55. The van der Waals surface area contributed by atoms with Gasteiger partial charge in [0.25, 0.3) is 5.91 Å². The molecule has 2 rings (SSSR count). The topological polar surface area (TPSA) is 29.1 Å². The monoisotopic (exact) mass is 319 g/mol. The summed E-state index contributed by atoms with van der Waals surface area (Å²) >= 11 is 5.91. The van der Waals surface area contributed by atoms with Gasteiger partial charge in [-0.15, -0.1) is 11.6 Å². The fourth-order valence-corrected chi connectivity index (χ4v) is 3.18. The van der Waals surface area contributed by atoms with Crippen molar-refractivity contribution in [3.63, 3.8) is 0 Å². The lowest BCUT2D eigenvalue weighted by Crippen LogP contribution is -2.35. The Morgan fingerprint density at radius 1 is 1.14 bits per heavy atom. The van der Waals surface area contributed by atoms with Gasteiger partial charge < -0.3 is 5.32 Å². The highest BCUT2D eigenvalue weighted by molar-refractivity contribution is 6.18. The normalized spacial score (nSPS) is 22.1. The molecule has 0 bridgehead atoms. The van der Waals surface area contributed by atoms with Gasteiger partial charge in [0.1, 0.15) is 0 Å². The lowest BCUT2D eigenvalue weighted by molar-refractivity contribution is 0.0935. The van der Waals surface area contributed by atoms with Crippen LogP contribution in [0.5, 0.6) is 0 Å². The van der Waals surface area contributed by atoms with Gasteiger partial charge in [0.05, 0.1) is 0 Å². The molecule has 1 amide bonds. The summed E-state index contributed by atoms with van der Waals surface area (Å²) in [6.45, 7) is 0.414. The zero-order chi connectivity index (χ0) is 15.4. The zero-order valence-corrected chi connectivity index (χ0v) is 12.2. The minimum Gasteiger partial charge on any atom is -0.352 e. The standard InChI is InChI=1S/C15H17ClF3NO/c16-7-9-3-1-2-4-10(9)8-20-15(21)11-5-12(17)14(19)13(18)6-11/h5-6,9-10H,1-4,7-8H2,(H,20,21). The summed E-state index contributed by atoms with van der Waals surface area (Å²) in [5.41, 5.74) is -0.218. The van der Waals surface area contributed by atoms with Gasteiger partial charge in [-0.25, -0.2) is 13.2 Å². The number of nitrogens with one attached hydrogen (secondary N) is 1. The highest BCUT2D eigenvalue weighted by Crippen LogP contribution is 2.30. The van der Waals surface area contributed by atoms with Crippen molar-refractivity contribution in [1.29, 1.82) is 0 Å². The van der Waals surface area contributed by atoms with Crippen LogP contribution < -0.4 is 5.32 Å². The van der Waals surface area contributed by atoms with Crippen molar-refractivity contribution in [2.45, 2.75) is 25.7 Å². The predicted molar refractivity (Wildman–Crippen MR) is 74.8 cm³/mol. The molecule has 0 aliphatic heterocycles. The van der Waals surface area contributed by atoms with Gasteiger partial charge in [0.2, 0.25) is 0 Å². The Kier molecular flexibility index (Phi) is 5.51. The maximum absolute atomic E-state index is 13.1. The second-order valence-corrected chi connectivity index (χ2v) is 5.73. The number of amides is 1. The van der Waals surface area contributed by atoms with Gasteiger partial charge in [0.15, 0.2) is 17.5 Å². The average Bonchev–Trinajstić information content (AvgIpc) is 2.49. The molecule has 2 unspecified atom stereocenters. The van der Waals surface area contributed by atoms with E-state index in [4.69, 9.17) is 11.6 Å². The first kappa shape index (κ1) is 16.1. The van der Waals surface area contributed by atoms with Gasteiger partial charge in [-0.2, -0.15) is 0 Å². The van der Waals surface area contributed by atoms with Crippen LogP contribution in [0.1, 0.15) is 36.0 Å². The quantitative estimate of drug-likeness (QED) is 0.662. The summed E-state index contributed by atoms with van der Waals surface area (Å²) in [6.07, 6.45) is 4.23. The molecule has 1 aromatic rings. The van der Waals surface area contributed by atoms with E-state index in [1.807, 2.05) is 0 Å². The third-order valence-corrected chi connectivity index (χ3v) is 4.43. The van der Waals surface area contributed by atoms with Crippen LogP contribution in [-0.4, -0.2) is 18.3 Å². The zero-order valence-electron chi connectivity index (χ0n) is 11.5. The molecule has 2 atom stereocenters. The second-order valence-electron chi connectivity index (χ2n) is 5.42. The Balaban J connectivity index is 1.98. The highest BCUT2D eigenvalue weighted by atomic mass is 35.5. The molecule has 0 spiro atoms. The molecular formula is C15H17ClF3NO. The molecule has 6 heteroatoms. The first-order chi connectivity index (χ1) is 10.0. The van der Waals surface area contributed by atoms with Crippen molar-refractivity contribution < 1.29 is 18.0 Å². The SMILES string of the molecule is O=C(NCC1CCCCC1CCl)c1cc(F)c(F)c(F)c1. The van der Waals surface area contributed by atoms with Crippen LogP contribution in [0.25, 0.3) is 0 Å². The molecule has 1 aliphatic carbocycles. The molecule has 0 aromatic heterocycles. The Morgan fingerprint density at radius 2 is 1.71 bits per heavy atom. The van der Waals surface area contributed by atoms with E-state index in [1.165, 1.54) is 0 Å². The van der Waals surface area contributed by atoms with Gasteiger partial charge in [-0.05, 0) is 36.8 Å². The molecule has 21 heavy (non-hydrogen) atoms. The Bertz CT molecular complexity index is 501. The van der Waals surface area contributed by atoms with Gasteiger partial charge in [-0.1, -0.05) is 12.8 Å². The van der Waals surface area contributed by atoms with Crippen LogP contribution in [0.3, 0.4) is 0 Å². The fourth-order valence-electron chi connectivity index (χ4n) is 2.77. The van der Waals surface area contributed by atoms with Gasteiger partial charge in [-0.3, -0.25) is 4.79 Å². The number of halogens is 4. The lowest BCUT2D eigenvalue weighted by atomic mass is 9.80. The van der Waals surface area contributed by atoms with E-state index in [9.17, 15) is 18.0 Å². The Morgan fingerprint density at radius 3 is 2.29 bits per heavy atom. The van der Waals surface area contributed by atoms with Gasteiger partial charge >= 0.3 is 0 Å². The molecule has 0 radical (unpaired) electrons. The van der Waals surface area contributed by atoms with Gasteiger partial charge in [0, 0.05) is 18.0 Å². The predicted octanol–water partition coefficient (Wildman–Crippen LogP) is 3.88. The number of carbonyl (C=O) groups excluding carboxylic acids is 1. The smallest absolute Gasteiger partial charge is 0.251 e.